The van der Waals surface area contributed by atoms with Gasteiger partial charge in [0.1, 0.15) is 36.6 Å². The predicted octanol–water partition coefficient (Wildman–Crippen LogP) is 2.25. The zero-order valence-electron chi connectivity index (χ0n) is 35.5. The third-order valence-electron chi connectivity index (χ3n) is 17.1. The van der Waals surface area contributed by atoms with Crippen LogP contribution in [0.1, 0.15) is 107 Å². The lowest BCUT2D eigenvalue weighted by Gasteiger charge is -2.70. The molecule has 0 amide bonds. The van der Waals surface area contributed by atoms with E-state index in [9.17, 15) is 45.6 Å². The second-order valence-electron chi connectivity index (χ2n) is 20.9. The lowest BCUT2D eigenvalue weighted by molar-refractivity contribution is -0.367. The highest BCUT2D eigenvalue weighted by molar-refractivity contribution is 5.66. The first-order valence-corrected chi connectivity index (χ1v) is 21.5. The zero-order valence-corrected chi connectivity index (χ0v) is 35.5. The van der Waals surface area contributed by atoms with Crippen molar-refractivity contribution in [1.82, 2.24) is 0 Å². The van der Waals surface area contributed by atoms with Gasteiger partial charge in [-0.05, 0) is 91.9 Å². The lowest BCUT2D eigenvalue weighted by Crippen LogP contribution is -2.67. The summed E-state index contributed by atoms with van der Waals surface area (Å²) in [6.07, 6.45) is -4.75. The normalized spacial score (nSPS) is 52.6. The molecule has 0 unspecified atom stereocenters. The number of aliphatic hydroxyl groups is 8. The molecule has 0 aromatic heterocycles. The van der Waals surface area contributed by atoms with Crippen LogP contribution in [-0.2, 0) is 28.5 Å². The van der Waals surface area contributed by atoms with Gasteiger partial charge in [0.15, 0.2) is 18.7 Å². The van der Waals surface area contributed by atoms with Crippen molar-refractivity contribution in [2.24, 2.45) is 44.3 Å². The van der Waals surface area contributed by atoms with Crippen molar-refractivity contribution in [3.8, 4) is 0 Å². The topological polar surface area (TPSA) is 225 Å². The Morgan fingerprint density at radius 1 is 0.810 bits per heavy atom. The van der Waals surface area contributed by atoms with E-state index < -0.39 is 97.0 Å². The summed E-state index contributed by atoms with van der Waals surface area (Å²) in [7, 11) is 0. The Balaban J connectivity index is 1.13. The number of rotatable bonds is 8. The van der Waals surface area contributed by atoms with Crippen LogP contribution in [0.5, 0.6) is 0 Å². The van der Waals surface area contributed by atoms with Gasteiger partial charge in [0.25, 0.3) is 0 Å². The molecule has 14 nitrogen and oxygen atoms in total. The molecule has 5 fully saturated rings. The summed E-state index contributed by atoms with van der Waals surface area (Å²) in [5.41, 5.74) is 0.393. The molecule has 0 spiro atoms. The van der Waals surface area contributed by atoms with Crippen LogP contribution in [0, 0.1) is 44.3 Å². The van der Waals surface area contributed by atoms with Crippen molar-refractivity contribution in [3.05, 3.63) is 23.3 Å². The molecule has 0 aromatic carbocycles. The van der Waals surface area contributed by atoms with Crippen molar-refractivity contribution in [2.75, 3.05) is 19.8 Å². The van der Waals surface area contributed by atoms with Crippen molar-refractivity contribution in [3.63, 3.8) is 0 Å². The SMILES string of the molecule is CC(=O)O[C@H]1[C@H](O)[C@@H](O)[C@H](O[C@H]2[C@@H](O)[C@@H](C)O[C@@H](O[C@H]3CC[C@@]4(C)[C@@H](CC[C@]5(C)[C@@H]4C=CC4=C6CC(C)(C)CC[C@]6(CO)[C@@H](O)C[C@]45C)[C@]3(C)CO)[C@@H]2O)O[C@@H]1CO. The summed E-state index contributed by atoms with van der Waals surface area (Å²) in [6.45, 7) is 15.4. The van der Waals surface area contributed by atoms with Gasteiger partial charge in [0.2, 0.25) is 0 Å². The maximum Gasteiger partial charge on any atom is 0.303 e. The molecule has 0 radical (unpaired) electrons. The maximum atomic E-state index is 12.0. The molecule has 58 heavy (non-hydrogen) atoms. The second-order valence-corrected chi connectivity index (χ2v) is 20.9. The molecular formula is C44H70O14. The van der Waals surface area contributed by atoms with Gasteiger partial charge in [-0.15, -0.1) is 0 Å². The molecule has 8 N–H and O–H groups in total. The molecular weight excluding hydrogens is 752 g/mol. The largest absolute Gasteiger partial charge is 0.457 e. The van der Waals surface area contributed by atoms with Crippen molar-refractivity contribution < 1.29 is 69.3 Å². The van der Waals surface area contributed by atoms with Crippen LogP contribution in [0.3, 0.4) is 0 Å². The van der Waals surface area contributed by atoms with Crippen LogP contribution in [0.15, 0.2) is 23.3 Å². The van der Waals surface area contributed by atoms with E-state index in [-0.39, 0.29) is 46.7 Å². The molecule has 7 aliphatic rings. The van der Waals surface area contributed by atoms with Gasteiger partial charge in [-0.25, -0.2) is 0 Å². The molecule has 2 saturated heterocycles. The van der Waals surface area contributed by atoms with E-state index in [1.807, 2.05) is 6.92 Å². The summed E-state index contributed by atoms with van der Waals surface area (Å²) in [5, 5.41) is 88.6. The first-order chi connectivity index (χ1) is 27.1. The molecule has 0 aromatic rings. The Labute approximate surface area is 342 Å². The second kappa shape index (κ2) is 15.4. The van der Waals surface area contributed by atoms with E-state index in [0.717, 1.165) is 45.4 Å². The van der Waals surface area contributed by atoms with E-state index in [1.54, 1.807) is 6.92 Å². The van der Waals surface area contributed by atoms with Crippen LogP contribution in [-0.4, -0.2) is 140 Å². The number of hydrogen-bond acceptors (Lipinski definition) is 14. The van der Waals surface area contributed by atoms with Gasteiger partial charge in [-0.3, -0.25) is 4.79 Å². The average molecular weight is 823 g/mol. The highest BCUT2D eigenvalue weighted by Crippen LogP contribution is 2.74. The third kappa shape index (κ3) is 6.61. The summed E-state index contributed by atoms with van der Waals surface area (Å²) < 4.78 is 29.4. The van der Waals surface area contributed by atoms with Crippen LogP contribution in [0.2, 0.25) is 0 Å². The number of esters is 1. The number of carbonyl (C=O) groups excluding carboxylic acids is 1. The minimum Gasteiger partial charge on any atom is -0.457 e. The minimum absolute atomic E-state index is 0.00610. The average Bonchev–Trinajstić information content (AvgIpc) is 3.16. The van der Waals surface area contributed by atoms with E-state index in [4.69, 9.17) is 23.7 Å². The number of hydrogen-bond donors (Lipinski definition) is 8. The van der Waals surface area contributed by atoms with Crippen molar-refractivity contribution in [2.45, 2.75) is 180 Å². The molecule has 14 heteroatoms. The first kappa shape index (κ1) is 44.5. The van der Waals surface area contributed by atoms with Crippen molar-refractivity contribution in [1.29, 1.82) is 0 Å². The Morgan fingerprint density at radius 2 is 1.50 bits per heavy atom. The number of carbonyl (C=O) groups is 1. The summed E-state index contributed by atoms with van der Waals surface area (Å²) in [4.78, 5) is 11.6. The van der Waals surface area contributed by atoms with Gasteiger partial charge < -0.3 is 64.5 Å². The first-order valence-electron chi connectivity index (χ1n) is 21.5. The molecule has 5 aliphatic carbocycles. The fourth-order valence-electron chi connectivity index (χ4n) is 13.4. The summed E-state index contributed by atoms with van der Waals surface area (Å²) >= 11 is 0. The molecule has 0 bridgehead atoms. The number of fused-ring (bicyclic) bond motifs is 6. The highest BCUT2D eigenvalue weighted by Gasteiger charge is 2.69. The van der Waals surface area contributed by atoms with Crippen LogP contribution < -0.4 is 0 Å². The Hall–Kier alpha value is -1.53. The minimum atomic E-state index is -1.76. The van der Waals surface area contributed by atoms with E-state index in [2.05, 4.69) is 46.8 Å². The summed E-state index contributed by atoms with van der Waals surface area (Å²) in [5.74, 6) is -0.623. The van der Waals surface area contributed by atoms with E-state index in [1.165, 1.54) is 11.1 Å². The fourth-order valence-corrected chi connectivity index (χ4v) is 13.4. The van der Waals surface area contributed by atoms with Gasteiger partial charge in [0.05, 0.1) is 38.1 Å². The van der Waals surface area contributed by atoms with Crippen LogP contribution >= 0.6 is 0 Å². The van der Waals surface area contributed by atoms with Gasteiger partial charge >= 0.3 is 5.97 Å². The lowest BCUT2D eigenvalue weighted by atomic mass is 9.35. The Morgan fingerprint density at radius 3 is 2.14 bits per heavy atom. The van der Waals surface area contributed by atoms with Crippen molar-refractivity contribution >= 4 is 5.97 Å². The quantitative estimate of drug-likeness (QED) is 0.130. The molecule has 330 valence electrons. The number of allylic oxidation sites excluding steroid dienone is 3. The third-order valence-corrected chi connectivity index (χ3v) is 17.1. The number of ether oxygens (including phenoxy) is 5. The smallest absolute Gasteiger partial charge is 0.303 e. The highest BCUT2D eigenvalue weighted by atomic mass is 16.7. The van der Waals surface area contributed by atoms with Crippen LogP contribution in [0.4, 0.5) is 0 Å². The molecule has 3 saturated carbocycles. The standard InChI is InChI=1S/C44H70O14/c1-22-31(50)36(58-37-33(52)32(51)35(55-23(2)48)26(19-45)56-37)34(53)38(54-22)57-30-12-13-40(5)27(41(30,6)20-46)11-14-42(7)28(40)10-9-24-25-17-39(3,4)15-16-44(25,21-47)29(49)18-43(24,42)8/h9-10,22,26-38,45-47,49-53H,11-21H2,1-8H3/t22-,26-,27-,28-,29+,30+,31+,32-,33-,34-,35-,36+,37+,38+,40+,41+,42-,43-,44-/m1/s1. The Bertz CT molecular complexity index is 1620. The number of aliphatic hydroxyl groups excluding tert-OH is 8. The van der Waals surface area contributed by atoms with Gasteiger partial charge in [0, 0.05) is 23.2 Å². The predicted molar refractivity (Wildman–Crippen MR) is 208 cm³/mol. The molecule has 7 rings (SSSR count). The molecule has 2 heterocycles. The van der Waals surface area contributed by atoms with Gasteiger partial charge in [-0.2, -0.15) is 0 Å². The van der Waals surface area contributed by atoms with Gasteiger partial charge in [-0.1, -0.05) is 59.3 Å². The van der Waals surface area contributed by atoms with E-state index in [0.29, 0.717) is 12.8 Å². The monoisotopic (exact) mass is 822 g/mol. The van der Waals surface area contributed by atoms with E-state index >= 15 is 0 Å². The zero-order chi connectivity index (χ0) is 42.5. The van der Waals surface area contributed by atoms with Crippen LogP contribution in [0.25, 0.3) is 0 Å². The Kier molecular flexibility index (Phi) is 11.8. The molecule has 19 atom stereocenters. The fraction of sp³-hybridized carbons (Fsp3) is 0.886. The maximum absolute atomic E-state index is 12.0. The molecule has 2 aliphatic heterocycles. The summed E-state index contributed by atoms with van der Waals surface area (Å²) in [6, 6.07) is 0.